The van der Waals surface area contributed by atoms with Gasteiger partial charge in [-0.15, -0.1) is 0 Å². The Balaban J connectivity index is 2.06. The molecule has 0 saturated heterocycles. The molecule has 1 aliphatic rings. The molecule has 0 aliphatic carbocycles. The third-order valence-electron chi connectivity index (χ3n) is 3.34. The Morgan fingerprint density at radius 1 is 0.895 bits per heavy atom. The number of halogens is 2. The predicted molar refractivity (Wildman–Crippen MR) is 80.5 cm³/mol. The summed E-state index contributed by atoms with van der Waals surface area (Å²) in [5.74, 6) is 0.522. The van der Waals surface area contributed by atoms with Crippen LogP contribution in [-0.4, -0.2) is 5.84 Å². The van der Waals surface area contributed by atoms with Crippen LogP contribution < -0.4 is 4.90 Å². The van der Waals surface area contributed by atoms with Crippen LogP contribution in [0.15, 0.2) is 42.5 Å². The second kappa shape index (κ2) is 4.87. The lowest BCUT2D eigenvalue weighted by Gasteiger charge is -2.32. The van der Waals surface area contributed by atoms with E-state index in [0.29, 0.717) is 28.8 Å². The molecule has 2 aromatic rings. The Morgan fingerprint density at radius 2 is 1.53 bits per heavy atom. The first-order valence-corrected chi connectivity index (χ1v) is 6.78. The van der Waals surface area contributed by atoms with Crippen molar-refractivity contribution in [2.45, 2.75) is 13.0 Å². The van der Waals surface area contributed by atoms with Gasteiger partial charge in [-0.2, -0.15) is 0 Å². The molecule has 0 saturated carbocycles. The Hall–Kier alpha value is -1.51. The number of benzene rings is 2. The summed E-state index contributed by atoms with van der Waals surface area (Å²) in [6.45, 7) is 0.637. The van der Waals surface area contributed by atoms with Crippen LogP contribution in [0.3, 0.4) is 0 Å². The number of amidine groups is 1. The minimum atomic E-state index is 0.522. The first-order valence-electron chi connectivity index (χ1n) is 6.02. The molecule has 3 rings (SSSR count). The topological polar surface area (TPSA) is 27.1 Å². The van der Waals surface area contributed by atoms with Gasteiger partial charge in [0.15, 0.2) is 0 Å². The first-order chi connectivity index (χ1) is 9.16. The fraction of sp³-hybridized carbons (Fsp3) is 0.133. The van der Waals surface area contributed by atoms with Gasteiger partial charge in [0.2, 0.25) is 0 Å². The zero-order chi connectivity index (χ0) is 13.4. The lowest BCUT2D eigenvalue weighted by Crippen LogP contribution is -2.36. The van der Waals surface area contributed by atoms with Gasteiger partial charge in [-0.1, -0.05) is 53.5 Å². The van der Waals surface area contributed by atoms with Gasteiger partial charge in [0, 0.05) is 13.0 Å². The molecule has 0 radical (unpaired) electrons. The average molecular weight is 291 g/mol. The van der Waals surface area contributed by atoms with E-state index in [9.17, 15) is 0 Å². The van der Waals surface area contributed by atoms with E-state index in [4.69, 9.17) is 28.6 Å². The molecule has 1 aliphatic heterocycles. The Morgan fingerprint density at radius 3 is 2.21 bits per heavy atom. The molecule has 1 N–H and O–H groups in total. The van der Waals surface area contributed by atoms with Crippen LogP contribution in [0.25, 0.3) is 0 Å². The summed E-state index contributed by atoms with van der Waals surface area (Å²) in [6, 6.07) is 13.6. The number of para-hydroxylation sites is 1. The van der Waals surface area contributed by atoms with Crippen LogP contribution in [0.1, 0.15) is 11.1 Å². The van der Waals surface area contributed by atoms with Crippen LogP contribution >= 0.6 is 23.2 Å². The quantitative estimate of drug-likeness (QED) is 0.821. The van der Waals surface area contributed by atoms with Crippen molar-refractivity contribution in [3.63, 3.8) is 0 Å². The standard InChI is InChI=1S/C15H12Cl2N2/c16-12-6-3-7-13(17)15(12)19-9-11-5-2-1-4-10(11)8-14(19)18/h1-7,18H,8-9H2. The normalized spacial score (nSPS) is 14.4. The molecule has 2 nitrogen and oxygen atoms in total. The van der Waals surface area contributed by atoms with E-state index in [1.165, 1.54) is 11.1 Å². The SMILES string of the molecule is N=C1Cc2ccccc2CN1c1c(Cl)cccc1Cl. The molecule has 0 aromatic heterocycles. The molecule has 1 heterocycles. The fourth-order valence-corrected chi connectivity index (χ4v) is 2.99. The third kappa shape index (κ3) is 2.22. The number of nitrogens with zero attached hydrogens (tertiary/aromatic N) is 1. The van der Waals surface area contributed by atoms with Crippen molar-refractivity contribution in [3.05, 3.63) is 63.6 Å². The Kier molecular flexibility index (Phi) is 3.21. The van der Waals surface area contributed by atoms with Crippen LogP contribution in [0, 0.1) is 5.41 Å². The Labute approximate surface area is 122 Å². The van der Waals surface area contributed by atoms with Gasteiger partial charge in [-0.05, 0) is 23.3 Å². The van der Waals surface area contributed by atoms with Gasteiger partial charge in [0.05, 0.1) is 15.7 Å². The summed E-state index contributed by atoms with van der Waals surface area (Å²) in [5, 5.41) is 9.38. The lowest BCUT2D eigenvalue weighted by atomic mass is 9.98. The monoisotopic (exact) mass is 290 g/mol. The van der Waals surface area contributed by atoms with E-state index >= 15 is 0 Å². The molecule has 0 bridgehead atoms. The van der Waals surface area contributed by atoms with E-state index in [-0.39, 0.29) is 0 Å². The summed E-state index contributed by atoms with van der Waals surface area (Å²) in [5.41, 5.74) is 3.15. The van der Waals surface area contributed by atoms with E-state index in [2.05, 4.69) is 12.1 Å². The van der Waals surface area contributed by atoms with E-state index in [1.54, 1.807) is 12.1 Å². The smallest absolute Gasteiger partial charge is 0.105 e. The van der Waals surface area contributed by atoms with Crippen molar-refractivity contribution >= 4 is 34.7 Å². The van der Waals surface area contributed by atoms with Gasteiger partial charge in [-0.3, -0.25) is 5.41 Å². The number of anilines is 1. The molecule has 0 spiro atoms. The summed E-state index contributed by atoms with van der Waals surface area (Å²) in [4.78, 5) is 1.88. The minimum Gasteiger partial charge on any atom is -0.323 e. The van der Waals surface area contributed by atoms with E-state index in [0.717, 1.165) is 5.69 Å². The van der Waals surface area contributed by atoms with E-state index in [1.807, 2.05) is 23.1 Å². The van der Waals surface area contributed by atoms with Crippen molar-refractivity contribution in [1.29, 1.82) is 5.41 Å². The number of nitrogens with one attached hydrogen (secondary N) is 1. The minimum absolute atomic E-state index is 0.522. The van der Waals surface area contributed by atoms with Crippen LogP contribution in [0.2, 0.25) is 10.0 Å². The first kappa shape index (κ1) is 12.5. The van der Waals surface area contributed by atoms with Gasteiger partial charge >= 0.3 is 0 Å². The maximum Gasteiger partial charge on any atom is 0.105 e. The zero-order valence-electron chi connectivity index (χ0n) is 10.2. The van der Waals surface area contributed by atoms with Crippen molar-refractivity contribution in [1.82, 2.24) is 0 Å². The van der Waals surface area contributed by atoms with Crippen molar-refractivity contribution in [2.75, 3.05) is 4.90 Å². The van der Waals surface area contributed by atoms with Gasteiger partial charge in [0.1, 0.15) is 5.84 Å². The highest BCUT2D eigenvalue weighted by atomic mass is 35.5. The number of fused-ring (bicyclic) bond motifs is 1. The number of hydrogen-bond acceptors (Lipinski definition) is 1. The highest BCUT2D eigenvalue weighted by molar-refractivity contribution is 6.40. The Bertz CT molecular complexity index is 632. The van der Waals surface area contributed by atoms with Crippen molar-refractivity contribution in [3.8, 4) is 0 Å². The molecule has 0 unspecified atom stereocenters. The highest BCUT2D eigenvalue weighted by Crippen LogP contribution is 2.36. The zero-order valence-corrected chi connectivity index (χ0v) is 11.7. The second-order valence-corrected chi connectivity index (χ2v) is 5.36. The van der Waals surface area contributed by atoms with Crippen molar-refractivity contribution in [2.24, 2.45) is 0 Å². The lowest BCUT2D eigenvalue weighted by molar-refractivity contribution is 0.917. The fourth-order valence-electron chi connectivity index (χ4n) is 2.39. The maximum absolute atomic E-state index is 8.22. The number of hydrogen-bond donors (Lipinski definition) is 1. The molecule has 96 valence electrons. The highest BCUT2D eigenvalue weighted by Gasteiger charge is 2.24. The molecule has 4 heteroatoms. The predicted octanol–water partition coefficient (Wildman–Crippen LogP) is 4.53. The van der Waals surface area contributed by atoms with Crippen LogP contribution in [0.5, 0.6) is 0 Å². The van der Waals surface area contributed by atoms with Crippen molar-refractivity contribution < 1.29 is 0 Å². The second-order valence-electron chi connectivity index (χ2n) is 4.55. The molecular formula is C15H12Cl2N2. The molecule has 0 amide bonds. The third-order valence-corrected chi connectivity index (χ3v) is 3.95. The van der Waals surface area contributed by atoms with Gasteiger partial charge in [-0.25, -0.2) is 0 Å². The summed E-state index contributed by atoms with van der Waals surface area (Å²) in [7, 11) is 0. The molecule has 0 fully saturated rings. The maximum atomic E-state index is 8.22. The summed E-state index contributed by atoms with van der Waals surface area (Å²) < 4.78 is 0. The summed E-state index contributed by atoms with van der Waals surface area (Å²) >= 11 is 12.5. The molecule has 0 atom stereocenters. The molecule has 2 aromatic carbocycles. The largest absolute Gasteiger partial charge is 0.323 e. The average Bonchev–Trinajstić information content (AvgIpc) is 2.39. The van der Waals surface area contributed by atoms with E-state index < -0.39 is 0 Å². The number of rotatable bonds is 1. The van der Waals surface area contributed by atoms with Gasteiger partial charge in [0.25, 0.3) is 0 Å². The van der Waals surface area contributed by atoms with Crippen LogP contribution in [-0.2, 0) is 13.0 Å². The van der Waals surface area contributed by atoms with Crippen LogP contribution in [0.4, 0.5) is 5.69 Å². The molecule has 19 heavy (non-hydrogen) atoms. The summed E-state index contributed by atoms with van der Waals surface area (Å²) in [6.07, 6.45) is 0.609. The molecular weight excluding hydrogens is 279 g/mol. The van der Waals surface area contributed by atoms with Gasteiger partial charge < -0.3 is 4.90 Å².